The normalized spacial score (nSPS) is 21.0. The topological polar surface area (TPSA) is 22.6 Å². The van der Waals surface area contributed by atoms with Gasteiger partial charge in [-0.1, -0.05) is 24.3 Å². The number of rotatable bonds is 4. The molecule has 0 amide bonds. The van der Waals surface area contributed by atoms with Crippen molar-refractivity contribution in [2.45, 2.75) is 38.8 Å². The van der Waals surface area contributed by atoms with Crippen molar-refractivity contribution in [3.05, 3.63) is 47.0 Å². The highest BCUT2D eigenvalue weighted by Gasteiger charge is 2.26. The summed E-state index contributed by atoms with van der Waals surface area (Å²) in [4.78, 5) is 12.4. The lowest BCUT2D eigenvalue weighted by Crippen LogP contribution is -2.46. The van der Waals surface area contributed by atoms with Crippen LogP contribution in [-0.4, -0.2) is 60.1 Å². The molecule has 0 atom stereocenters. The zero-order valence-corrected chi connectivity index (χ0v) is 16.6. The summed E-state index contributed by atoms with van der Waals surface area (Å²) in [7, 11) is 0. The second-order valence-corrected chi connectivity index (χ2v) is 8.50. The SMILES string of the molecule is Cc1ccccc1CN1CCC(N2CCCN(c3nccs3)CC2)CC1. The number of benzene rings is 1. The Kier molecular flexibility index (Phi) is 5.88. The minimum Gasteiger partial charge on any atom is -0.347 e. The molecule has 2 aliphatic heterocycles. The van der Waals surface area contributed by atoms with E-state index in [2.05, 4.69) is 56.3 Å². The van der Waals surface area contributed by atoms with Crippen LogP contribution >= 0.6 is 11.3 Å². The van der Waals surface area contributed by atoms with Crippen molar-refractivity contribution in [1.29, 1.82) is 0 Å². The fourth-order valence-electron chi connectivity index (χ4n) is 4.34. The van der Waals surface area contributed by atoms with Gasteiger partial charge >= 0.3 is 0 Å². The Morgan fingerprint density at radius 1 is 1.04 bits per heavy atom. The van der Waals surface area contributed by atoms with Crippen LogP contribution < -0.4 is 4.90 Å². The molecule has 0 bridgehead atoms. The van der Waals surface area contributed by atoms with Gasteiger partial charge in [0.1, 0.15) is 0 Å². The van der Waals surface area contributed by atoms with Crippen LogP contribution in [0, 0.1) is 6.92 Å². The molecular formula is C21H30N4S. The summed E-state index contributed by atoms with van der Waals surface area (Å²) < 4.78 is 0. The van der Waals surface area contributed by atoms with E-state index in [4.69, 9.17) is 0 Å². The van der Waals surface area contributed by atoms with Gasteiger partial charge in [0.05, 0.1) is 0 Å². The maximum Gasteiger partial charge on any atom is 0.185 e. The quantitative estimate of drug-likeness (QED) is 0.820. The van der Waals surface area contributed by atoms with Gasteiger partial charge < -0.3 is 4.90 Å². The maximum atomic E-state index is 4.50. The largest absolute Gasteiger partial charge is 0.347 e. The lowest BCUT2D eigenvalue weighted by molar-refractivity contribution is 0.110. The highest BCUT2D eigenvalue weighted by molar-refractivity contribution is 7.13. The average molecular weight is 371 g/mol. The third-order valence-corrected chi connectivity index (χ3v) is 6.78. The van der Waals surface area contributed by atoms with Crippen LogP contribution in [0.4, 0.5) is 5.13 Å². The maximum absolute atomic E-state index is 4.50. The molecule has 0 N–H and O–H groups in total. The van der Waals surface area contributed by atoms with Crippen molar-refractivity contribution in [2.24, 2.45) is 0 Å². The van der Waals surface area contributed by atoms with Crippen LogP contribution in [0.1, 0.15) is 30.4 Å². The number of aromatic nitrogens is 1. The van der Waals surface area contributed by atoms with E-state index in [9.17, 15) is 0 Å². The van der Waals surface area contributed by atoms with Gasteiger partial charge in [0.25, 0.3) is 0 Å². The molecule has 2 aromatic rings. The minimum atomic E-state index is 0.763. The number of hydrogen-bond donors (Lipinski definition) is 0. The summed E-state index contributed by atoms with van der Waals surface area (Å²) in [5, 5.41) is 3.28. The van der Waals surface area contributed by atoms with Crippen LogP contribution in [0.25, 0.3) is 0 Å². The first-order chi connectivity index (χ1) is 12.8. The average Bonchev–Trinajstić information content (AvgIpc) is 3.09. The summed E-state index contributed by atoms with van der Waals surface area (Å²) in [6.07, 6.45) is 5.79. The molecule has 1 aromatic heterocycles. The number of thiazole rings is 1. The molecule has 5 heteroatoms. The van der Waals surface area contributed by atoms with Gasteiger partial charge in [0.15, 0.2) is 5.13 Å². The summed E-state index contributed by atoms with van der Waals surface area (Å²) in [5.74, 6) is 0. The third kappa shape index (κ3) is 4.27. The van der Waals surface area contributed by atoms with Gasteiger partial charge in [-0.2, -0.15) is 0 Å². The molecule has 0 spiro atoms. The van der Waals surface area contributed by atoms with E-state index in [0.717, 1.165) is 25.7 Å². The molecule has 140 valence electrons. The first kappa shape index (κ1) is 18.0. The highest BCUT2D eigenvalue weighted by Crippen LogP contribution is 2.23. The van der Waals surface area contributed by atoms with Gasteiger partial charge in [-0.05, 0) is 50.4 Å². The Morgan fingerprint density at radius 2 is 1.88 bits per heavy atom. The van der Waals surface area contributed by atoms with E-state index < -0.39 is 0 Å². The molecule has 1 aromatic carbocycles. The molecule has 4 rings (SSSR count). The summed E-state index contributed by atoms with van der Waals surface area (Å²) in [6.45, 7) is 10.5. The Hall–Kier alpha value is -1.43. The predicted octanol–water partition coefficient (Wildman–Crippen LogP) is 3.63. The van der Waals surface area contributed by atoms with Gasteiger partial charge in [-0.25, -0.2) is 4.98 Å². The number of aryl methyl sites for hydroxylation is 1. The van der Waals surface area contributed by atoms with Crippen molar-refractivity contribution in [3.63, 3.8) is 0 Å². The fraction of sp³-hybridized carbons (Fsp3) is 0.571. The smallest absolute Gasteiger partial charge is 0.185 e. The Balaban J connectivity index is 1.27. The monoisotopic (exact) mass is 370 g/mol. The molecule has 26 heavy (non-hydrogen) atoms. The zero-order chi connectivity index (χ0) is 17.8. The van der Waals surface area contributed by atoms with Crippen molar-refractivity contribution in [1.82, 2.24) is 14.8 Å². The lowest BCUT2D eigenvalue weighted by Gasteiger charge is -2.38. The molecule has 0 unspecified atom stereocenters. The second-order valence-electron chi connectivity index (χ2n) is 7.63. The Bertz CT molecular complexity index is 679. The number of likely N-dealkylation sites (tertiary alicyclic amines) is 1. The number of piperidine rings is 1. The van der Waals surface area contributed by atoms with Crippen LogP contribution in [0.3, 0.4) is 0 Å². The van der Waals surface area contributed by atoms with Crippen LogP contribution in [0.15, 0.2) is 35.8 Å². The third-order valence-electron chi connectivity index (χ3n) is 5.95. The first-order valence-electron chi connectivity index (χ1n) is 9.95. The molecule has 2 aliphatic rings. The van der Waals surface area contributed by atoms with E-state index in [1.807, 2.05) is 6.20 Å². The fourth-order valence-corrected chi connectivity index (χ4v) is 5.03. The molecule has 3 heterocycles. The molecule has 0 aliphatic carbocycles. The standard InChI is InChI=1S/C21H30N4S/c1-18-5-2-3-6-19(18)17-23-12-7-20(8-13-23)24-10-4-11-25(15-14-24)21-22-9-16-26-21/h2-3,5-6,9,16,20H,4,7-8,10-15,17H2,1H3. The van der Waals surface area contributed by atoms with E-state index in [1.54, 1.807) is 11.3 Å². The zero-order valence-electron chi connectivity index (χ0n) is 15.8. The first-order valence-corrected chi connectivity index (χ1v) is 10.8. The van der Waals surface area contributed by atoms with E-state index in [-0.39, 0.29) is 0 Å². The molecule has 4 nitrogen and oxygen atoms in total. The van der Waals surface area contributed by atoms with E-state index >= 15 is 0 Å². The predicted molar refractivity (Wildman–Crippen MR) is 110 cm³/mol. The summed E-state index contributed by atoms with van der Waals surface area (Å²) in [6, 6.07) is 9.58. The number of nitrogens with zero attached hydrogens (tertiary/aromatic N) is 4. The van der Waals surface area contributed by atoms with E-state index in [1.165, 1.54) is 61.7 Å². The van der Waals surface area contributed by atoms with Crippen molar-refractivity contribution < 1.29 is 0 Å². The molecular weight excluding hydrogens is 340 g/mol. The van der Waals surface area contributed by atoms with Crippen molar-refractivity contribution >= 4 is 16.5 Å². The Morgan fingerprint density at radius 3 is 2.65 bits per heavy atom. The molecule has 2 saturated heterocycles. The second kappa shape index (κ2) is 8.51. The molecule has 0 radical (unpaired) electrons. The Labute approximate surface area is 161 Å². The van der Waals surface area contributed by atoms with Gasteiger partial charge in [-0.3, -0.25) is 9.80 Å². The van der Waals surface area contributed by atoms with Gasteiger partial charge in [0, 0.05) is 50.3 Å². The molecule has 2 fully saturated rings. The van der Waals surface area contributed by atoms with Crippen LogP contribution in [0.2, 0.25) is 0 Å². The van der Waals surface area contributed by atoms with Crippen LogP contribution in [-0.2, 0) is 6.54 Å². The number of hydrogen-bond acceptors (Lipinski definition) is 5. The summed E-state index contributed by atoms with van der Waals surface area (Å²) >= 11 is 1.77. The number of anilines is 1. The molecule has 0 saturated carbocycles. The van der Waals surface area contributed by atoms with Gasteiger partial charge in [-0.15, -0.1) is 11.3 Å². The highest BCUT2D eigenvalue weighted by atomic mass is 32.1. The van der Waals surface area contributed by atoms with Crippen molar-refractivity contribution in [3.8, 4) is 0 Å². The minimum absolute atomic E-state index is 0.763. The summed E-state index contributed by atoms with van der Waals surface area (Å²) in [5.41, 5.74) is 2.91. The van der Waals surface area contributed by atoms with Crippen LogP contribution in [0.5, 0.6) is 0 Å². The van der Waals surface area contributed by atoms with E-state index in [0.29, 0.717) is 0 Å². The lowest BCUT2D eigenvalue weighted by atomic mass is 10.0. The van der Waals surface area contributed by atoms with Gasteiger partial charge in [0.2, 0.25) is 0 Å². The van der Waals surface area contributed by atoms with Crippen molar-refractivity contribution in [2.75, 3.05) is 44.2 Å².